The van der Waals surface area contributed by atoms with Crippen LogP contribution in [0.15, 0.2) is 54.6 Å². The molecule has 2 atom stereocenters. The van der Waals surface area contributed by atoms with Crippen molar-refractivity contribution >= 4 is 50.9 Å². The number of amides is 4. The minimum Gasteiger partial charge on any atom is -0.313 e. The minimum absolute atomic E-state index is 0.145. The van der Waals surface area contributed by atoms with Crippen molar-refractivity contribution in [2.24, 2.45) is 0 Å². The third kappa shape index (κ3) is 4.49. The van der Waals surface area contributed by atoms with Crippen LogP contribution in [0.3, 0.4) is 0 Å². The number of rotatable bonds is 10. The first kappa shape index (κ1) is 28.8. The third-order valence-corrected chi connectivity index (χ3v) is 9.21. The highest BCUT2D eigenvalue weighted by Gasteiger charge is 2.38. The summed E-state index contributed by atoms with van der Waals surface area (Å²) in [6.07, 6.45) is 1.85. The molecular formula is C34H31N5O6. The van der Waals surface area contributed by atoms with E-state index in [2.05, 4.69) is 10.6 Å². The molecule has 0 aromatic heterocycles. The molecule has 11 nitrogen and oxygen atoms in total. The first-order valence-electron chi connectivity index (χ1n) is 15.1. The summed E-state index contributed by atoms with van der Waals surface area (Å²) < 4.78 is 0. The summed E-state index contributed by atoms with van der Waals surface area (Å²) in [6, 6.07) is 14.4. The Balaban J connectivity index is 0.952. The van der Waals surface area contributed by atoms with E-state index in [9.17, 15) is 29.3 Å². The second-order valence-corrected chi connectivity index (χ2v) is 12.0. The van der Waals surface area contributed by atoms with Crippen molar-refractivity contribution in [2.45, 2.75) is 38.8 Å². The summed E-state index contributed by atoms with van der Waals surface area (Å²) >= 11 is 0. The molecule has 0 bridgehead atoms. The van der Waals surface area contributed by atoms with Crippen LogP contribution in [0.1, 0.15) is 66.4 Å². The Morgan fingerprint density at radius 2 is 1.20 bits per heavy atom. The smallest absolute Gasteiger partial charge is 0.270 e. The fourth-order valence-corrected chi connectivity index (χ4v) is 7.04. The Bertz CT molecular complexity index is 1930. The average molecular weight is 606 g/mol. The zero-order valence-corrected chi connectivity index (χ0v) is 24.9. The van der Waals surface area contributed by atoms with Gasteiger partial charge in [-0.1, -0.05) is 24.3 Å². The Morgan fingerprint density at radius 3 is 1.73 bits per heavy atom. The SMILES string of the molecule is C[C@H](CNCCNC[C@H](C)N1C(=O)c2ccc3c4c(ccc(c24)C1=O)CC3)N1C(=O)c2cccc3cc([N+](=O)[O-])cc(c23)C1=O. The highest BCUT2D eigenvalue weighted by atomic mass is 16.6. The Hall–Kier alpha value is -5.00. The van der Waals surface area contributed by atoms with Gasteiger partial charge in [-0.15, -0.1) is 0 Å². The number of aryl methyl sites for hydroxylation is 2. The van der Waals surface area contributed by atoms with Gasteiger partial charge in [-0.2, -0.15) is 0 Å². The second-order valence-electron chi connectivity index (χ2n) is 12.0. The molecule has 0 spiro atoms. The number of carbonyl (C=O) groups excluding carboxylic acids is 4. The molecule has 0 saturated heterocycles. The fourth-order valence-electron chi connectivity index (χ4n) is 7.04. The van der Waals surface area contributed by atoms with E-state index in [0.29, 0.717) is 53.6 Å². The first-order chi connectivity index (χ1) is 21.7. The van der Waals surface area contributed by atoms with Gasteiger partial charge in [0, 0.05) is 77.9 Å². The van der Waals surface area contributed by atoms with Gasteiger partial charge in [-0.25, -0.2) is 0 Å². The van der Waals surface area contributed by atoms with Crippen molar-refractivity contribution in [1.29, 1.82) is 0 Å². The van der Waals surface area contributed by atoms with Crippen molar-refractivity contribution in [3.8, 4) is 0 Å². The number of hydrogen-bond donors (Lipinski definition) is 2. The molecule has 4 amide bonds. The summed E-state index contributed by atoms with van der Waals surface area (Å²) in [7, 11) is 0. The monoisotopic (exact) mass is 605 g/mol. The normalized spacial score (nSPS) is 16.7. The molecule has 0 saturated carbocycles. The molecule has 1 aliphatic carbocycles. The van der Waals surface area contributed by atoms with Gasteiger partial charge in [0.25, 0.3) is 29.3 Å². The number of imide groups is 2. The number of nitrogens with zero attached hydrogens (tertiary/aromatic N) is 3. The van der Waals surface area contributed by atoms with Crippen molar-refractivity contribution in [2.75, 3.05) is 26.2 Å². The van der Waals surface area contributed by atoms with Crippen LogP contribution >= 0.6 is 0 Å². The lowest BCUT2D eigenvalue weighted by Crippen LogP contribution is -2.51. The number of nitrogens with one attached hydrogen (secondary N) is 2. The van der Waals surface area contributed by atoms with E-state index in [1.807, 2.05) is 31.2 Å². The molecule has 2 heterocycles. The maximum absolute atomic E-state index is 13.5. The number of carbonyl (C=O) groups is 4. The van der Waals surface area contributed by atoms with Crippen LogP contribution in [-0.2, 0) is 12.8 Å². The number of nitro groups is 1. The largest absolute Gasteiger partial charge is 0.313 e. The zero-order chi connectivity index (χ0) is 31.6. The molecule has 0 fully saturated rings. The highest BCUT2D eigenvalue weighted by Crippen LogP contribution is 2.39. The molecule has 4 aromatic rings. The van der Waals surface area contributed by atoms with E-state index in [4.69, 9.17) is 0 Å². The predicted octanol–water partition coefficient (Wildman–Crippen LogP) is 3.85. The molecule has 0 unspecified atom stereocenters. The van der Waals surface area contributed by atoms with Gasteiger partial charge < -0.3 is 10.6 Å². The standard InChI is InChI=1S/C34H31N5O6/c1-18(37-32(41)25-10-8-20-6-7-21-9-11-26(33(37)42)30(25)28(20)21)16-35-12-13-36-17-19(2)38-31(40)24-5-3-4-22-14-23(39(44)45)15-27(29(22)24)34(38)43/h3-5,8-11,14-15,18-19,35-36H,6-7,12-13,16-17H2,1-2H3/t18-,19+/m0/s1. The van der Waals surface area contributed by atoms with Gasteiger partial charge in [-0.05, 0) is 66.8 Å². The Labute approximate surface area is 258 Å². The lowest BCUT2D eigenvalue weighted by atomic mass is 9.90. The highest BCUT2D eigenvalue weighted by molar-refractivity contribution is 6.27. The minimum atomic E-state index is -0.559. The third-order valence-electron chi connectivity index (χ3n) is 9.21. The van der Waals surface area contributed by atoms with E-state index in [1.165, 1.54) is 28.2 Å². The molecular weight excluding hydrogens is 574 g/mol. The number of benzene rings is 4. The van der Waals surface area contributed by atoms with Crippen LogP contribution < -0.4 is 10.6 Å². The molecule has 7 rings (SSSR count). The van der Waals surface area contributed by atoms with Crippen LogP contribution in [0, 0.1) is 10.1 Å². The number of non-ortho nitro benzene ring substituents is 1. The van der Waals surface area contributed by atoms with Gasteiger partial charge in [-0.3, -0.25) is 39.1 Å². The number of nitro benzene ring substituents is 1. The quantitative estimate of drug-likeness (QED) is 0.120. The first-order valence-corrected chi connectivity index (χ1v) is 15.1. The Morgan fingerprint density at radius 1 is 0.689 bits per heavy atom. The molecule has 3 aliphatic rings. The van der Waals surface area contributed by atoms with E-state index in [1.54, 1.807) is 25.1 Å². The summed E-state index contributed by atoms with van der Waals surface area (Å²) in [5, 5.41) is 20.8. The van der Waals surface area contributed by atoms with Crippen LogP contribution in [-0.4, -0.2) is 76.6 Å². The van der Waals surface area contributed by atoms with E-state index < -0.39 is 22.8 Å². The van der Waals surface area contributed by atoms with Crippen molar-refractivity contribution < 1.29 is 24.1 Å². The molecule has 11 heteroatoms. The molecule has 228 valence electrons. The molecule has 4 aromatic carbocycles. The van der Waals surface area contributed by atoms with Gasteiger partial charge in [0.2, 0.25) is 0 Å². The van der Waals surface area contributed by atoms with Crippen LogP contribution in [0.25, 0.3) is 21.5 Å². The lowest BCUT2D eigenvalue weighted by molar-refractivity contribution is -0.384. The van der Waals surface area contributed by atoms with Crippen molar-refractivity contribution in [3.05, 3.63) is 98.1 Å². The topological polar surface area (TPSA) is 142 Å². The summed E-state index contributed by atoms with van der Waals surface area (Å²) in [4.78, 5) is 67.1. The van der Waals surface area contributed by atoms with E-state index in [0.717, 1.165) is 28.5 Å². The van der Waals surface area contributed by atoms with Crippen molar-refractivity contribution in [3.63, 3.8) is 0 Å². The lowest BCUT2D eigenvalue weighted by Gasteiger charge is -2.32. The predicted molar refractivity (Wildman–Crippen MR) is 168 cm³/mol. The molecule has 45 heavy (non-hydrogen) atoms. The summed E-state index contributed by atoms with van der Waals surface area (Å²) in [5.74, 6) is -1.54. The fraction of sp³-hybridized carbons (Fsp3) is 0.294. The maximum atomic E-state index is 13.5. The van der Waals surface area contributed by atoms with Gasteiger partial charge >= 0.3 is 0 Å². The molecule has 2 N–H and O–H groups in total. The van der Waals surface area contributed by atoms with Crippen molar-refractivity contribution in [1.82, 2.24) is 20.4 Å². The van der Waals surface area contributed by atoms with Gasteiger partial charge in [0.15, 0.2) is 0 Å². The second kappa shape index (κ2) is 10.9. The maximum Gasteiger partial charge on any atom is 0.270 e. The van der Waals surface area contributed by atoms with Crippen LogP contribution in [0.5, 0.6) is 0 Å². The zero-order valence-electron chi connectivity index (χ0n) is 24.9. The van der Waals surface area contributed by atoms with Gasteiger partial charge in [0.05, 0.1) is 10.5 Å². The average Bonchev–Trinajstić information content (AvgIpc) is 3.45. The summed E-state index contributed by atoms with van der Waals surface area (Å²) in [6.45, 7) is 5.31. The van der Waals surface area contributed by atoms with Gasteiger partial charge in [0.1, 0.15) is 0 Å². The number of hydrogen-bond acceptors (Lipinski definition) is 8. The molecule has 2 aliphatic heterocycles. The van der Waals surface area contributed by atoms with E-state index >= 15 is 0 Å². The van der Waals surface area contributed by atoms with Crippen LogP contribution in [0.2, 0.25) is 0 Å². The molecule has 0 radical (unpaired) electrons. The summed E-state index contributed by atoms with van der Waals surface area (Å²) in [5.41, 5.74) is 3.81. The van der Waals surface area contributed by atoms with E-state index in [-0.39, 0.29) is 29.1 Å². The Kier molecular flexibility index (Phi) is 6.94. The van der Waals surface area contributed by atoms with Crippen LogP contribution in [0.4, 0.5) is 5.69 Å².